The lowest BCUT2D eigenvalue weighted by molar-refractivity contribution is 0.598. The predicted molar refractivity (Wildman–Crippen MR) is 66.2 cm³/mol. The van der Waals surface area contributed by atoms with Gasteiger partial charge in [-0.2, -0.15) is 8.42 Å². The summed E-state index contributed by atoms with van der Waals surface area (Å²) in [6.07, 6.45) is 2.29. The summed E-state index contributed by atoms with van der Waals surface area (Å²) in [5.74, 6) is 0.381. The van der Waals surface area contributed by atoms with E-state index >= 15 is 0 Å². The van der Waals surface area contributed by atoms with Crippen LogP contribution < -0.4 is 4.72 Å². The Labute approximate surface area is 113 Å². The fourth-order valence-electron chi connectivity index (χ4n) is 1.14. The molecule has 18 heavy (non-hydrogen) atoms. The van der Waals surface area contributed by atoms with Crippen molar-refractivity contribution in [3.8, 4) is 0 Å². The average Bonchev–Trinajstić information content (AvgIpc) is 2.72. The number of imidazole rings is 1. The summed E-state index contributed by atoms with van der Waals surface area (Å²) in [5.41, 5.74) is 0. The van der Waals surface area contributed by atoms with Gasteiger partial charge in [-0.3, -0.25) is 4.72 Å². The van der Waals surface area contributed by atoms with Crippen LogP contribution in [0.2, 0.25) is 10.2 Å². The van der Waals surface area contributed by atoms with Crippen molar-refractivity contribution in [2.24, 2.45) is 0 Å². The Hall–Kier alpha value is -1.38. The topological polar surface area (TPSA) is 101 Å². The molecular weight excluding hydrogens is 301 g/mol. The molecule has 0 radical (unpaired) electrons. The number of aromatic nitrogens is 4. The van der Waals surface area contributed by atoms with Crippen LogP contribution in [0, 0.1) is 6.92 Å². The Morgan fingerprint density at radius 3 is 2.61 bits per heavy atom. The molecule has 0 spiro atoms. The highest BCUT2D eigenvalue weighted by atomic mass is 35.5. The van der Waals surface area contributed by atoms with Crippen LogP contribution in [0.5, 0.6) is 0 Å². The van der Waals surface area contributed by atoms with Crippen LogP contribution in [0.1, 0.15) is 5.82 Å². The largest absolute Gasteiger partial charge is 0.332 e. The van der Waals surface area contributed by atoms with Crippen molar-refractivity contribution in [2.75, 3.05) is 4.72 Å². The zero-order valence-electron chi connectivity index (χ0n) is 8.98. The lowest BCUT2D eigenvalue weighted by atomic mass is 10.6. The van der Waals surface area contributed by atoms with E-state index in [0.29, 0.717) is 5.82 Å². The maximum atomic E-state index is 11.9. The summed E-state index contributed by atoms with van der Waals surface area (Å²) in [6.45, 7) is 1.63. The van der Waals surface area contributed by atoms with E-state index in [2.05, 4.69) is 24.7 Å². The quantitative estimate of drug-likeness (QED) is 0.839. The molecule has 2 heterocycles. The number of aryl methyl sites for hydroxylation is 1. The lowest BCUT2D eigenvalue weighted by Crippen LogP contribution is -2.15. The standard InChI is InChI=1S/C8H7Cl2N5O2S/c1-4-11-2-5(14-4)18(16,17)15-8-6(9)7(10)12-3-13-8/h2-3H,1H3,(H,11,14)(H,12,13,15). The highest BCUT2D eigenvalue weighted by molar-refractivity contribution is 7.92. The van der Waals surface area contributed by atoms with Crippen molar-refractivity contribution in [1.29, 1.82) is 0 Å². The monoisotopic (exact) mass is 307 g/mol. The van der Waals surface area contributed by atoms with Gasteiger partial charge >= 0.3 is 0 Å². The van der Waals surface area contributed by atoms with Gasteiger partial charge < -0.3 is 4.98 Å². The summed E-state index contributed by atoms with van der Waals surface area (Å²) < 4.78 is 26.1. The first-order chi connectivity index (χ1) is 8.40. The molecule has 2 N–H and O–H groups in total. The molecule has 10 heteroatoms. The summed E-state index contributed by atoms with van der Waals surface area (Å²) in [4.78, 5) is 13.7. The van der Waals surface area contributed by atoms with Crippen molar-refractivity contribution < 1.29 is 8.42 Å². The zero-order valence-corrected chi connectivity index (χ0v) is 11.3. The third-order valence-corrected chi connectivity index (χ3v) is 3.94. The second-order valence-corrected chi connectivity index (χ2v) is 5.65. The first-order valence-corrected chi connectivity index (χ1v) is 6.84. The second kappa shape index (κ2) is 4.71. The van der Waals surface area contributed by atoms with Gasteiger partial charge in [0.1, 0.15) is 17.2 Å². The summed E-state index contributed by atoms with van der Waals surface area (Å²) in [6, 6.07) is 0. The molecule has 0 atom stereocenters. The molecular formula is C8H7Cl2N5O2S. The number of nitrogens with one attached hydrogen (secondary N) is 2. The molecule has 0 aliphatic carbocycles. The molecule has 0 aliphatic rings. The molecule has 0 saturated heterocycles. The Balaban J connectivity index is 2.37. The minimum atomic E-state index is -3.83. The highest BCUT2D eigenvalue weighted by Gasteiger charge is 2.19. The SMILES string of the molecule is Cc1ncc(S(=O)(=O)Nc2ncnc(Cl)c2Cl)[nH]1. The third kappa shape index (κ3) is 2.55. The van der Waals surface area contributed by atoms with Gasteiger partial charge in [0.05, 0.1) is 6.20 Å². The van der Waals surface area contributed by atoms with E-state index < -0.39 is 10.0 Å². The van der Waals surface area contributed by atoms with Gasteiger partial charge in [0.2, 0.25) is 0 Å². The van der Waals surface area contributed by atoms with Gasteiger partial charge in [-0.25, -0.2) is 15.0 Å². The molecule has 0 bridgehead atoms. The van der Waals surface area contributed by atoms with Crippen molar-refractivity contribution >= 4 is 39.0 Å². The van der Waals surface area contributed by atoms with Crippen molar-refractivity contribution in [3.05, 3.63) is 28.5 Å². The number of rotatable bonds is 3. The minimum absolute atomic E-state index is 0.0369. The number of anilines is 1. The number of aromatic amines is 1. The summed E-state index contributed by atoms with van der Waals surface area (Å²) >= 11 is 11.4. The van der Waals surface area contributed by atoms with Crippen LogP contribution >= 0.6 is 23.2 Å². The Kier molecular flexibility index (Phi) is 3.42. The number of H-pyrrole nitrogens is 1. The molecule has 2 aromatic heterocycles. The molecule has 0 fully saturated rings. The first-order valence-electron chi connectivity index (χ1n) is 4.60. The van der Waals surface area contributed by atoms with Crippen molar-refractivity contribution in [1.82, 2.24) is 19.9 Å². The Morgan fingerprint density at radius 2 is 2.00 bits per heavy atom. The second-order valence-electron chi connectivity index (χ2n) is 3.27. The first kappa shape index (κ1) is 13.1. The van der Waals surface area contributed by atoms with Crippen molar-refractivity contribution in [3.63, 3.8) is 0 Å². The smallest absolute Gasteiger partial charge is 0.280 e. The van der Waals surface area contributed by atoms with Crippen LogP contribution in [-0.2, 0) is 10.0 Å². The molecule has 96 valence electrons. The fourth-order valence-corrected chi connectivity index (χ4v) is 2.46. The maximum Gasteiger partial charge on any atom is 0.280 e. The van der Waals surface area contributed by atoms with Gasteiger partial charge in [0.25, 0.3) is 10.0 Å². The van der Waals surface area contributed by atoms with Crippen LogP contribution in [0.3, 0.4) is 0 Å². The van der Waals surface area contributed by atoms with E-state index in [9.17, 15) is 8.42 Å². The minimum Gasteiger partial charge on any atom is -0.332 e. The number of hydrogen-bond donors (Lipinski definition) is 2. The lowest BCUT2D eigenvalue weighted by Gasteiger charge is -2.06. The average molecular weight is 308 g/mol. The fraction of sp³-hybridized carbons (Fsp3) is 0.125. The number of hydrogen-bond acceptors (Lipinski definition) is 5. The summed E-state index contributed by atoms with van der Waals surface area (Å²) in [7, 11) is -3.83. The van der Waals surface area contributed by atoms with E-state index in [1.807, 2.05) is 0 Å². The zero-order chi connectivity index (χ0) is 13.3. The van der Waals surface area contributed by atoms with Gasteiger partial charge in [-0.05, 0) is 6.92 Å². The van der Waals surface area contributed by atoms with E-state index in [-0.39, 0.29) is 21.0 Å². The van der Waals surface area contributed by atoms with Crippen LogP contribution in [-0.4, -0.2) is 28.4 Å². The Bertz CT molecular complexity index is 685. The molecule has 0 aromatic carbocycles. The number of halogens is 2. The Morgan fingerprint density at radius 1 is 1.28 bits per heavy atom. The van der Waals surface area contributed by atoms with Gasteiger partial charge in [-0.1, -0.05) is 23.2 Å². The molecule has 0 amide bonds. The molecule has 0 unspecified atom stereocenters. The molecule has 7 nitrogen and oxygen atoms in total. The van der Waals surface area contributed by atoms with E-state index in [1.165, 1.54) is 6.20 Å². The number of nitrogens with zero attached hydrogens (tertiary/aromatic N) is 3. The van der Waals surface area contributed by atoms with E-state index in [4.69, 9.17) is 23.2 Å². The van der Waals surface area contributed by atoms with Crippen molar-refractivity contribution in [2.45, 2.75) is 11.9 Å². The van der Waals surface area contributed by atoms with Gasteiger partial charge in [-0.15, -0.1) is 0 Å². The highest BCUT2D eigenvalue weighted by Crippen LogP contribution is 2.26. The van der Waals surface area contributed by atoms with Crippen LogP contribution in [0.15, 0.2) is 17.6 Å². The molecule has 2 rings (SSSR count). The third-order valence-electron chi connectivity index (χ3n) is 1.95. The van der Waals surface area contributed by atoms with E-state index in [1.54, 1.807) is 6.92 Å². The van der Waals surface area contributed by atoms with Crippen LogP contribution in [0.25, 0.3) is 0 Å². The molecule has 2 aromatic rings. The number of sulfonamides is 1. The summed E-state index contributed by atoms with van der Waals surface area (Å²) in [5, 5.41) is -0.199. The van der Waals surface area contributed by atoms with Crippen LogP contribution in [0.4, 0.5) is 5.82 Å². The van der Waals surface area contributed by atoms with Gasteiger partial charge in [0.15, 0.2) is 16.0 Å². The van der Waals surface area contributed by atoms with E-state index in [0.717, 1.165) is 6.33 Å². The normalized spacial score (nSPS) is 11.5. The van der Waals surface area contributed by atoms with Gasteiger partial charge in [0, 0.05) is 0 Å². The molecule has 0 saturated carbocycles. The molecule has 0 aliphatic heterocycles. The predicted octanol–water partition coefficient (Wildman–Crippen LogP) is 1.62. The maximum absolute atomic E-state index is 11.9.